The van der Waals surface area contributed by atoms with Crippen molar-refractivity contribution in [2.75, 3.05) is 11.9 Å². The number of carbonyl (C=O) groups excluding carboxylic acids is 1. The van der Waals surface area contributed by atoms with Crippen LogP contribution in [0.15, 0.2) is 11.6 Å². The molecule has 2 heterocycles. The van der Waals surface area contributed by atoms with Crippen LogP contribution in [-0.2, 0) is 4.79 Å². The fourth-order valence-electron chi connectivity index (χ4n) is 1.77. The Morgan fingerprint density at radius 1 is 1.67 bits per heavy atom. The third-order valence-corrected chi connectivity index (χ3v) is 3.46. The lowest BCUT2D eigenvalue weighted by Gasteiger charge is -2.33. The van der Waals surface area contributed by atoms with Gasteiger partial charge in [0, 0.05) is 11.6 Å². The van der Waals surface area contributed by atoms with E-state index in [2.05, 4.69) is 15.6 Å². The van der Waals surface area contributed by atoms with Gasteiger partial charge in [-0.1, -0.05) is 0 Å². The molecule has 0 spiro atoms. The van der Waals surface area contributed by atoms with Crippen molar-refractivity contribution in [2.45, 2.75) is 31.7 Å². The van der Waals surface area contributed by atoms with Crippen LogP contribution in [-0.4, -0.2) is 23.0 Å². The van der Waals surface area contributed by atoms with E-state index in [1.807, 2.05) is 12.3 Å². The first-order chi connectivity index (χ1) is 7.21. The predicted octanol–water partition coefficient (Wildman–Crippen LogP) is 1.61. The Hall–Kier alpha value is -0.940. The van der Waals surface area contributed by atoms with Crippen molar-refractivity contribution < 1.29 is 4.79 Å². The predicted molar refractivity (Wildman–Crippen MR) is 61.0 cm³/mol. The van der Waals surface area contributed by atoms with Crippen LogP contribution in [0.5, 0.6) is 0 Å². The number of carbonyl (C=O) groups is 1. The maximum Gasteiger partial charge on any atom is 0.246 e. The second-order valence-corrected chi connectivity index (χ2v) is 4.90. The second-order valence-electron chi connectivity index (χ2n) is 4.01. The fraction of sp³-hybridized carbons (Fsp3) is 0.600. The number of hydrogen-bond acceptors (Lipinski definition) is 4. The number of piperidine rings is 1. The van der Waals surface area contributed by atoms with E-state index in [1.54, 1.807) is 6.20 Å². The quantitative estimate of drug-likeness (QED) is 0.804. The lowest BCUT2D eigenvalue weighted by molar-refractivity contribution is -0.122. The minimum atomic E-state index is -0.427. The highest BCUT2D eigenvalue weighted by molar-refractivity contribution is 7.13. The standard InChI is InChI=1S/C10H15N3OS/c1-10(4-2-3-5-12-10)8(14)13-9-11-6-7-15-9/h6-7,12H,2-5H2,1H3,(H,11,13,14). The van der Waals surface area contributed by atoms with Gasteiger partial charge in [0.1, 0.15) is 0 Å². The molecule has 0 aliphatic carbocycles. The Morgan fingerprint density at radius 2 is 2.53 bits per heavy atom. The molecule has 0 aromatic carbocycles. The minimum Gasteiger partial charge on any atom is -0.304 e. The monoisotopic (exact) mass is 225 g/mol. The molecule has 82 valence electrons. The summed E-state index contributed by atoms with van der Waals surface area (Å²) in [5.41, 5.74) is -0.427. The number of rotatable bonds is 2. The zero-order valence-corrected chi connectivity index (χ0v) is 9.56. The topological polar surface area (TPSA) is 54.0 Å². The molecule has 5 heteroatoms. The maximum atomic E-state index is 12.0. The lowest BCUT2D eigenvalue weighted by atomic mass is 9.90. The van der Waals surface area contributed by atoms with Gasteiger partial charge in [-0.25, -0.2) is 4.98 Å². The third kappa shape index (κ3) is 2.35. The largest absolute Gasteiger partial charge is 0.304 e. The Balaban J connectivity index is 2.00. The molecule has 0 radical (unpaired) electrons. The van der Waals surface area contributed by atoms with Gasteiger partial charge in [0.15, 0.2) is 5.13 Å². The Kier molecular flexibility index (Phi) is 3.02. The fourth-order valence-corrected chi connectivity index (χ4v) is 2.29. The van der Waals surface area contributed by atoms with E-state index in [9.17, 15) is 4.79 Å². The summed E-state index contributed by atoms with van der Waals surface area (Å²) < 4.78 is 0. The molecular formula is C10H15N3OS. The molecule has 1 saturated heterocycles. The van der Waals surface area contributed by atoms with Gasteiger partial charge in [-0.3, -0.25) is 4.79 Å². The molecule has 1 aliphatic heterocycles. The number of amides is 1. The Bertz CT molecular complexity index is 330. The third-order valence-electron chi connectivity index (χ3n) is 2.77. The number of nitrogens with one attached hydrogen (secondary N) is 2. The molecule has 4 nitrogen and oxygen atoms in total. The summed E-state index contributed by atoms with van der Waals surface area (Å²) in [7, 11) is 0. The van der Waals surface area contributed by atoms with E-state index in [1.165, 1.54) is 11.3 Å². The first kappa shape index (κ1) is 10.6. The highest BCUT2D eigenvalue weighted by atomic mass is 32.1. The zero-order valence-electron chi connectivity index (χ0n) is 8.75. The Morgan fingerprint density at radius 3 is 3.13 bits per heavy atom. The van der Waals surface area contributed by atoms with Crippen LogP contribution in [0.1, 0.15) is 26.2 Å². The number of aromatic nitrogens is 1. The van der Waals surface area contributed by atoms with Crippen LogP contribution in [0, 0.1) is 0 Å². The summed E-state index contributed by atoms with van der Waals surface area (Å²) in [4.78, 5) is 16.0. The van der Waals surface area contributed by atoms with Gasteiger partial charge in [-0.2, -0.15) is 0 Å². The Labute approximate surface area is 93.1 Å². The van der Waals surface area contributed by atoms with E-state index in [4.69, 9.17) is 0 Å². The summed E-state index contributed by atoms with van der Waals surface area (Å²) in [6, 6.07) is 0. The summed E-state index contributed by atoms with van der Waals surface area (Å²) >= 11 is 1.44. The van der Waals surface area contributed by atoms with Gasteiger partial charge in [-0.15, -0.1) is 11.3 Å². The average Bonchev–Trinajstić information content (AvgIpc) is 2.71. The van der Waals surface area contributed by atoms with Gasteiger partial charge >= 0.3 is 0 Å². The number of thiazole rings is 1. The number of anilines is 1. The van der Waals surface area contributed by atoms with Gasteiger partial charge in [-0.05, 0) is 32.7 Å². The SMILES string of the molecule is CC1(C(=O)Nc2nccs2)CCCCN1. The summed E-state index contributed by atoms with van der Waals surface area (Å²) in [6.07, 6.45) is 4.84. The molecule has 15 heavy (non-hydrogen) atoms. The number of nitrogens with zero attached hydrogens (tertiary/aromatic N) is 1. The first-order valence-corrected chi connectivity index (χ1v) is 6.05. The van der Waals surface area contributed by atoms with Crippen molar-refractivity contribution in [3.8, 4) is 0 Å². The van der Waals surface area contributed by atoms with Crippen molar-refractivity contribution >= 4 is 22.4 Å². The van der Waals surface area contributed by atoms with Crippen molar-refractivity contribution in [1.82, 2.24) is 10.3 Å². The van der Waals surface area contributed by atoms with Gasteiger partial charge in [0.05, 0.1) is 5.54 Å². The first-order valence-electron chi connectivity index (χ1n) is 5.17. The molecule has 0 bridgehead atoms. The summed E-state index contributed by atoms with van der Waals surface area (Å²) in [5, 5.41) is 8.64. The van der Waals surface area contributed by atoms with E-state index in [-0.39, 0.29) is 5.91 Å². The second kappa shape index (κ2) is 4.28. The van der Waals surface area contributed by atoms with Crippen LogP contribution >= 0.6 is 11.3 Å². The molecule has 2 rings (SSSR count). The molecule has 1 aliphatic rings. The van der Waals surface area contributed by atoms with Crippen molar-refractivity contribution in [3.05, 3.63) is 11.6 Å². The number of hydrogen-bond donors (Lipinski definition) is 2. The van der Waals surface area contributed by atoms with E-state index < -0.39 is 5.54 Å². The molecule has 1 amide bonds. The smallest absolute Gasteiger partial charge is 0.246 e. The zero-order chi connectivity index (χ0) is 10.7. The van der Waals surface area contributed by atoms with Crippen LogP contribution in [0.25, 0.3) is 0 Å². The maximum absolute atomic E-state index is 12.0. The summed E-state index contributed by atoms with van der Waals surface area (Å²) in [5.74, 6) is 0.0251. The highest BCUT2D eigenvalue weighted by Gasteiger charge is 2.34. The van der Waals surface area contributed by atoms with Crippen LogP contribution in [0.3, 0.4) is 0 Å². The van der Waals surface area contributed by atoms with Crippen molar-refractivity contribution in [2.24, 2.45) is 0 Å². The summed E-state index contributed by atoms with van der Waals surface area (Å²) in [6.45, 7) is 2.87. The van der Waals surface area contributed by atoms with Crippen molar-refractivity contribution in [3.63, 3.8) is 0 Å². The van der Waals surface area contributed by atoms with E-state index in [0.717, 1.165) is 25.8 Å². The van der Waals surface area contributed by atoms with Gasteiger partial charge in [0.2, 0.25) is 5.91 Å². The molecule has 1 aromatic rings. The van der Waals surface area contributed by atoms with Crippen molar-refractivity contribution in [1.29, 1.82) is 0 Å². The molecule has 1 atom stereocenters. The normalized spacial score (nSPS) is 26.2. The lowest BCUT2D eigenvalue weighted by Crippen LogP contribution is -2.54. The van der Waals surface area contributed by atoms with Crippen LogP contribution < -0.4 is 10.6 Å². The molecule has 1 aromatic heterocycles. The molecule has 1 unspecified atom stereocenters. The van der Waals surface area contributed by atoms with Gasteiger partial charge < -0.3 is 10.6 Å². The molecule has 0 saturated carbocycles. The molecular weight excluding hydrogens is 210 g/mol. The highest BCUT2D eigenvalue weighted by Crippen LogP contribution is 2.21. The van der Waals surface area contributed by atoms with Crippen LogP contribution in [0.4, 0.5) is 5.13 Å². The van der Waals surface area contributed by atoms with Crippen LogP contribution in [0.2, 0.25) is 0 Å². The molecule has 1 fully saturated rings. The molecule has 2 N–H and O–H groups in total. The minimum absolute atomic E-state index is 0.0251. The van der Waals surface area contributed by atoms with E-state index >= 15 is 0 Å². The van der Waals surface area contributed by atoms with Gasteiger partial charge in [0.25, 0.3) is 0 Å². The van der Waals surface area contributed by atoms with E-state index in [0.29, 0.717) is 5.13 Å². The average molecular weight is 225 g/mol.